The summed E-state index contributed by atoms with van der Waals surface area (Å²) >= 11 is 1.77. The van der Waals surface area contributed by atoms with Crippen LogP contribution >= 0.6 is 11.8 Å². The molecular weight excluding hydrogens is 310 g/mol. The number of furan rings is 1. The van der Waals surface area contributed by atoms with E-state index in [-0.39, 0.29) is 6.10 Å². The molecule has 3 aromatic rings. The fourth-order valence-corrected chi connectivity index (χ4v) is 4.12. The molecule has 1 aromatic heterocycles. The highest BCUT2D eigenvalue weighted by Crippen LogP contribution is 2.41. The van der Waals surface area contributed by atoms with E-state index in [9.17, 15) is 4.79 Å². The second-order valence-electron chi connectivity index (χ2n) is 5.46. The van der Waals surface area contributed by atoms with E-state index in [4.69, 9.17) is 14.9 Å². The van der Waals surface area contributed by atoms with Crippen molar-refractivity contribution < 1.29 is 13.9 Å². The lowest BCUT2D eigenvalue weighted by molar-refractivity contribution is 0.102. The van der Waals surface area contributed by atoms with Gasteiger partial charge in [0.05, 0.1) is 6.26 Å². The summed E-state index contributed by atoms with van der Waals surface area (Å²) in [5.74, 6) is 0.903. The summed E-state index contributed by atoms with van der Waals surface area (Å²) in [5.41, 5.74) is 9.24. The number of nitrogens with two attached hydrogens (primary N) is 1. The molecule has 0 aliphatic carbocycles. The molecule has 0 radical (unpaired) electrons. The molecular formula is C18H15NO3S. The number of carbonyl (C=O) groups is 1. The van der Waals surface area contributed by atoms with Crippen molar-refractivity contribution in [3.63, 3.8) is 0 Å². The molecule has 1 atom stereocenters. The molecule has 1 aliphatic heterocycles. The zero-order chi connectivity index (χ0) is 15.8. The number of fused-ring (bicyclic) bond motifs is 2. The number of hydrogen-bond acceptors (Lipinski definition) is 4. The van der Waals surface area contributed by atoms with Crippen molar-refractivity contribution in [1.29, 1.82) is 0 Å². The average Bonchev–Trinajstić information content (AvgIpc) is 2.98. The van der Waals surface area contributed by atoms with Crippen LogP contribution in [0.5, 0.6) is 0 Å². The Morgan fingerprint density at radius 3 is 3.00 bits per heavy atom. The second-order valence-corrected chi connectivity index (χ2v) is 6.60. The highest BCUT2D eigenvalue weighted by atomic mass is 32.2. The molecule has 4 rings (SSSR count). The molecule has 2 heterocycles. The van der Waals surface area contributed by atoms with Crippen LogP contribution in [0.25, 0.3) is 22.1 Å². The third-order valence-corrected chi connectivity index (χ3v) is 5.15. The summed E-state index contributed by atoms with van der Waals surface area (Å²) in [6.45, 7) is 0. The van der Waals surface area contributed by atoms with Gasteiger partial charge in [-0.05, 0) is 24.1 Å². The van der Waals surface area contributed by atoms with E-state index >= 15 is 0 Å². The van der Waals surface area contributed by atoms with Crippen molar-refractivity contribution in [2.24, 2.45) is 5.73 Å². The van der Waals surface area contributed by atoms with Gasteiger partial charge in [-0.3, -0.25) is 0 Å². The van der Waals surface area contributed by atoms with Gasteiger partial charge in [0.15, 0.2) is 0 Å². The third kappa shape index (κ3) is 2.57. The SMILES string of the molecule is NC(=O)OC1CCSc2cc(-c3coc4ccccc34)ccc21. The molecule has 0 spiro atoms. The Morgan fingerprint density at radius 2 is 2.13 bits per heavy atom. The molecule has 23 heavy (non-hydrogen) atoms. The predicted molar refractivity (Wildman–Crippen MR) is 90.4 cm³/mol. The Bertz CT molecular complexity index is 887. The number of para-hydroxylation sites is 1. The van der Waals surface area contributed by atoms with Crippen molar-refractivity contribution in [3.05, 3.63) is 54.3 Å². The number of rotatable bonds is 2. The first-order valence-corrected chi connectivity index (χ1v) is 8.40. The topological polar surface area (TPSA) is 65.5 Å². The Labute approximate surface area is 137 Å². The number of amides is 1. The van der Waals surface area contributed by atoms with Gasteiger partial charge < -0.3 is 14.9 Å². The monoisotopic (exact) mass is 325 g/mol. The molecule has 2 aromatic carbocycles. The number of ether oxygens (including phenoxy) is 1. The molecule has 0 fully saturated rings. The lowest BCUT2D eigenvalue weighted by atomic mass is 10.00. The van der Waals surface area contributed by atoms with Crippen LogP contribution in [0.4, 0.5) is 4.79 Å². The van der Waals surface area contributed by atoms with Crippen molar-refractivity contribution in [2.45, 2.75) is 17.4 Å². The van der Waals surface area contributed by atoms with E-state index in [1.54, 1.807) is 18.0 Å². The fourth-order valence-electron chi connectivity index (χ4n) is 2.99. The number of benzene rings is 2. The lowest BCUT2D eigenvalue weighted by Crippen LogP contribution is -2.20. The molecule has 1 unspecified atom stereocenters. The quantitative estimate of drug-likeness (QED) is 0.739. The van der Waals surface area contributed by atoms with E-state index in [0.717, 1.165) is 44.7 Å². The van der Waals surface area contributed by atoms with E-state index in [1.807, 2.05) is 30.3 Å². The van der Waals surface area contributed by atoms with E-state index in [0.29, 0.717) is 0 Å². The zero-order valence-corrected chi connectivity index (χ0v) is 13.1. The second kappa shape index (κ2) is 5.66. The van der Waals surface area contributed by atoms with Crippen molar-refractivity contribution in [1.82, 2.24) is 0 Å². The standard InChI is InChI=1S/C18H15NO3S/c19-18(20)22-16-7-8-23-17-9-11(5-6-13(16)17)14-10-21-15-4-2-1-3-12(14)15/h1-6,9-10,16H,7-8H2,(H2,19,20). The minimum atomic E-state index is -0.724. The average molecular weight is 325 g/mol. The van der Waals surface area contributed by atoms with Crippen LogP contribution in [0, 0.1) is 0 Å². The van der Waals surface area contributed by atoms with Crippen LogP contribution in [0.1, 0.15) is 18.1 Å². The molecule has 1 aliphatic rings. The molecule has 0 saturated carbocycles. The summed E-state index contributed by atoms with van der Waals surface area (Å²) in [5, 5.41) is 1.10. The lowest BCUT2D eigenvalue weighted by Gasteiger charge is -2.24. The summed E-state index contributed by atoms with van der Waals surface area (Å²) in [7, 11) is 0. The van der Waals surface area contributed by atoms with Gasteiger partial charge in [-0.15, -0.1) is 11.8 Å². The van der Waals surface area contributed by atoms with Gasteiger partial charge in [-0.1, -0.05) is 30.3 Å². The summed E-state index contributed by atoms with van der Waals surface area (Å²) in [4.78, 5) is 12.2. The van der Waals surface area contributed by atoms with Crippen LogP contribution in [0.3, 0.4) is 0 Å². The molecule has 1 amide bonds. The van der Waals surface area contributed by atoms with E-state index in [1.165, 1.54) is 0 Å². The maximum atomic E-state index is 11.1. The minimum Gasteiger partial charge on any atom is -0.464 e. The van der Waals surface area contributed by atoms with Crippen LogP contribution in [-0.4, -0.2) is 11.8 Å². The minimum absolute atomic E-state index is 0.251. The van der Waals surface area contributed by atoms with Gasteiger partial charge in [-0.25, -0.2) is 4.79 Å². The Kier molecular flexibility index (Phi) is 3.50. The van der Waals surface area contributed by atoms with E-state index < -0.39 is 6.09 Å². The van der Waals surface area contributed by atoms with Gasteiger partial charge in [-0.2, -0.15) is 0 Å². The normalized spacial score (nSPS) is 17.0. The first-order valence-electron chi connectivity index (χ1n) is 7.42. The summed E-state index contributed by atoms with van der Waals surface area (Å²) in [6.07, 6.45) is 1.60. The first kappa shape index (κ1) is 14.2. The predicted octanol–water partition coefficient (Wildman–Crippen LogP) is 4.73. The van der Waals surface area contributed by atoms with Gasteiger partial charge in [0.1, 0.15) is 11.7 Å². The Hall–Kier alpha value is -2.40. The van der Waals surface area contributed by atoms with Crippen molar-refractivity contribution in [2.75, 3.05) is 5.75 Å². The number of thioether (sulfide) groups is 1. The highest BCUT2D eigenvalue weighted by Gasteiger charge is 2.24. The molecule has 4 nitrogen and oxygen atoms in total. The largest absolute Gasteiger partial charge is 0.464 e. The van der Waals surface area contributed by atoms with Crippen LogP contribution in [0.2, 0.25) is 0 Å². The summed E-state index contributed by atoms with van der Waals surface area (Å²) in [6, 6.07) is 14.2. The Balaban J connectivity index is 1.76. The molecule has 116 valence electrons. The smallest absolute Gasteiger partial charge is 0.405 e. The maximum absolute atomic E-state index is 11.1. The fraction of sp³-hybridized carbons (Fsp3) is 0.167. The van der Waals surface area contributed by atoms with Gasteiger partial charge in [0, 0.05) is 27.2 Å². The maximum Gasteiger partial charge on any atom is 0.405 e. The molecule has 5 heteroatoms. The van der Waals surface area contributed by atoms with E-state index in [2.05, 4.69) is 12.1 Å². The Morgan fingerprint density at radius 1 is 1.26 bits per heavy atom. The third-order valence-electron chi connectivity index (χ3n) is 4.05. The molecule has 0 saturated heterocycles. The number of carbonyl (C=O) groups excluding carboxylic acids is 1. The van der Waals surface area contributed by atoms with Gasteiger partial charge in [0.25, 0.3) is 0 Å². The number of hydrogen-bond donors (Lipinski definition) is 1. The molecule has 2 N–H and O–H groups in total. The first-order chi connectivity index (χ1) is 11.2. The highest BCUT2D eigenvalue weighted by molar-refractivity contribution is 7.99. The zero-order valence-electron chi connectivity index (χ0n) is 12.3. The van der Waals surface area contributed by atoms with Gasteiger partial charge >= 0.3 is 6.09 Å². The number of primary amides is 1. The molecule has 0 bridgehead atoms. The van der Waals surface area contributed by atoms with Crippen molar-refractivity contribution >= 4 is 28.8 Å². The van der Waals surface area contributed by atoms with Gasteiger partial charge in [0.2, 0.25) is 0 Å². The van der Waals surface area contributed by atoms with Crippen LogP contribution in [-0.2, 0) is 4.74 Å². The summed E-state index contributed by atoms with van der Waals surface area (Å²) < 4.78 is 10.9. The van der Waals surface area contributed by atoms with Crippen LogP contribution < -0.4 is 5.73 Å². The van der Waals surface area contributed by atoms with Crippen LogP contribution in [0.15, 0.2) is 58.0 Å². The van der Waals surface area contributed by atoms with Crippen molar-refractivity contribution in [3.8, 4) is 11.1 Å².